The third-order valence-electron chi connectivity index (χ3n) is 9.29. The maximum atomic E-state index is 14.0. The van der Waals surface area contributed by atoms with Crippen molar-refractivity contribution in [2.24, 2.45) is 0 Å². The van der Waals surface area contributed by atoms with E-state index in [9.17, 15) is 4.79 Å². The second-order valence-electron chi connectivity index (χ2n) is 12.2. The zero-order valence-corrected chi connectivity index (χ0v) is 25.1. The summed E-state index contributed by atoms with van der Waals surface area (Å²) in [5.74, 6) is -0.450. The quantitative estimate of drug-likeness (QED) is 0.209. The molecule has 0 bridgehead atoms. The minimum atomic E-state index is -1.23. The highest BCUT2D eigenvalue weighted by Gasteiger charge is 2.52. The lowest BCUT2D eigenvalue weighted by Gasteiger charge is -2.39. The smallest absolute Gasteiger partial charge is 0.360 e. The summed E-state index contributed by atoms with van der Waals surface area (Å²) in [5, 5.41) is 0. The number of carbonyl (C=O) groups excluding carboxylic acids is 1. The average Bonchev–Trinajstić information content (AvgIpc) is 3.37. The Balaban J connectivity index is 1.43. The molecule has 0 N–H and O–H groups in total. The molecule has 0 spiro atoms. The van der Waals surface area contributed by atoms with Gasteiger partial charge in [-0.25, -0.2) is 14.8 Å². The van der Waals surface area contributed by atoms with Crippen molar-refractivity contribution in [2.75, 3.05) is 37.0 Å². The van der Waals surface area contributed by atoms with Gasteiger partial charge in [0.25, 0.3) is 0 Å². The molecule has 4 heterocycles. The van der Waals surface area contributed by atoms with Crippen LogP contribution < -0.4 is 9.80 Å². The molecule has 4 aromatic carbocycles. The number of aromatic nitrogens is 2. The molecule has 0 saturated heterocycles. The highest BCUT2D eigenvalue weighted by atomic mass is 16.6. The van der Waals surface area contributed by atoms with Crippen LogP contribution in [0, 0.1) is 0 Å². The van der Waals surface area contributed by atoms with E-state index in [2.05, 4.69) is 46.2 Å². The molecule has 3 aliphatic heterocycles. The first kappa shape index (κ1) is 26.6. The normalized spacial score (nSPS) is 18.4. The Morgan fingerprint density at radius 2 is 1.27 bits per heavy atom. The average molecular weight is 579 g/mol. The van der Waals surface area contributed by atoms with E-state index in [4.69, 9.17) is 14.7 Å². The van der Waals surface area contributed by atoms with Crippen LogP contribution in [-0.2, 0) is 23.2 Å². The summed E-state index contributed by atoms with van der Waals surface area (Å²) in [6.07, 6.45) is 4.26. The molecule has 218 valence electrons. The van der Waals surface area contributed by atoms with Crippen molar-refractivity contribution in [1.82, 2.24) is 9.97 Å². The van der Waals surface area contributed by atoms with Gasteiger partial charge in [0, 0.05) is 60.8 Å². The van der Waals surface area contributed by atoms with E-state index in [0.717, 1.165) is 72.4 Å². The first-order valence-electron chi connectivity index (χ1n) is 15.5. The maximum absolute atomic E-state index is 14.0. The van der Waals surface area contributed by atoms with Crippen molar-refractivity contribution in [3.05, 3.63) is 131 Å². The molecule has 0 amide bonds. The van der Waals surface area contributed by atoms with Crippen molar-refractivity contribution < 1.29 is 9.53 Å². The Bertz CT molecular complexity index is 1860. The van der Waals surface area contributed by atoms with Crippen LogP contribution in [0.15, 0.2) is 97.1 Å². The van der Waals surface area contributed by atoms with Gasteiger partial charge in [-0.15, -0.1) is 0 Å². The van der Waals surface area contributed by atoms with Gasteiger partial charge in [-0.2, -0.15) is 0 Å². The molecule has 1 aromatic heterocycles. The minimum absolute atomic E-state index is 0.271. The molecule has 6 nitrogen and oxygen atoms in total. The number of cyclic esters (lactones) is 1. The van der Waals surface area contributed by atoms with E-state index in [1.165, 1.54) is 16.8 Å². The summed E-state index contributed by atoms with van der Waals surface area (Å²) in [5.41, 5.74) is 9.75. The van der Waals surface area contributed by atoms with Gasteiger partial charge < -0.3 is 14.5 Å². The first-order chi connectivity index (χ1) is 21.5. The number of hydrogen-bond donors (Lipinski definition) is 0. The third kappa shape index (κ3) is 4.12. The number of fused-ring (bicyclic) bond motifs is 1. The third-order valence-corrected chi connectivity index (χ3v) is 9.29. The Hall–Kier alpha value is -4.97. The second kappa shape index (κ2) is 10.3. The van der Waals surface area contributed by atoms with Crippen LogP contribution in [0.5, 0.6) is 0 Å². The highest BCUT2D eigenvalue weighted by molar-refractivity contribution is 5.96. The largest absolute Gasteiger partial charge is 0.438 e. The number of aryl methyl sites for hydroxylation is 2. The number of hydrogen-bond acceptors (Lipinski definition) is 6. The number of nitrogens with zero attached hydrogens (tertiary/aromatic N) is 4. The second-order valence-corrected chi connectivity index (χ2v) is 12.2. The Morgan fingerprint density at radius 3 is 1.84 bits per heavy atom. The molecular formula is C38H34N4O2. The Kier molecular flexibility index (Phi) is 6.26. The van der Waals surface area contributed by atoms with E-state index in [1.54, 1.807) is 0 Å². The zero-order chi connectivity index (χ0) is 29.8. The van der Waals surface area contributed by atoms with Crippen molar-refractivity contribution in [3.8, 4) is 22.5 Å². The Labute approximate surface area is 258 Å². The van der Waals surface area contributed by atoms with Crippen molar-refractivity contribution >= 4 is 17.3 Å². The molecule has 0 saturated carbocycles. The van der Waals surface area contributed by atoms with Crippen LogP contribution in [0.25, 0.3) is 22.5 Å². The van der Waals surface area contributed by atoms with Crippen LogP contribution >= 0.6 is 0 Å². The van der Waals surface area contributed by atoms with Crippen LogP contribution in [0.1, 0.15) is 51.3 Å². The van der Waals surface area contributed by atoms with Crippen LogP contribution in [0.4, 0.5) is 11.4 Å². The number of benzene rings is 4. The van der Waals surface area contributed by atoms with Crippen LogP contribution in [-0.4, -0.2) is 43.1 Å². The molecule has 1 unspecified atom stereocenters. The monoisotopic (exact) mass is 578 g/mol. The predicted molar refractivity (Wildman–Crippen MR) is 174 cm³/mol. The van der Waals surface area contributed by atoms with E-state index < -0.39 is 11.6 Å². The molecule has 8 rings (SSSR count). The van der Waals surface area contributed by atoms with Crippen molar-refractivity contribution in [2.45, 2.75) is 31.3 Å². The molecule has 1 atom stereocenters. The Morgan fingerprint density at radius 1 is 0.705 bits per heavy atom. The number of rotatable bonds is 5. The molecule has 6 heteroatoms. The van der Waals surface area contributed by atoms with E-state index in [0.29, 0.717) is 11.4 Å². The molecule has 0 aliphatic carbocycles. The SMILES string of the molecule is CN(C)c1ccc(C2(c3cc4c5c(c3)CCCN5CCC4)OC(=O)c3nc(-c4ccccc4)c(-c4ccccc4)nc32)cc1. The van der Waals surface area contributed by atoms with E-state index in [-0.39, 0.29) is 5.69 Å². The summed E-state index contributed by atoms with van der Waals surface area (Å²) in [7, 11) is 4.05. The molecular weight excluding hydrogens is 544 g/mol. The molecule has 3 aliphatic rings. The van der Waals surface area contributed by atoms with Crippen LogP contribution in [0.2, 0.25) is 0 Å². The number of ether oxygens (including phenoxy) is 1. The fraction of sp³-hybridized carbons (Fsp3) is 0.237. The fourth-order valence-electron chi connectivity index (χ4n) is 7.21. The van der Waals surface area contributed by atoms with Gasteiger partial charge in [0.15, 0.2) is 5.69 Å². The summed E-state index contributed by atoms with van der Waals surface area (Å²) in [4.78, 5) is 29.1. The van der Waals surface area contributed by atoms with Gasteiger partial charge in [-0.3, -0.25) is 0 Å². The molecule has 5 aromatic rings. The first-order valence-corrected chi connectivity index (χ1v) is 15.5. The topological polar surface area (TPSA) is 58.6 Å². The lowest BCUT2D eigenvalue weighted by molar-refractivity contribution is 0.0240. The summed E-state index contributed by atoms with van der Waals surface area (Å²) in [6.45, 7) is 2.20. The van der Waals surface area contributed by atoms with Gasteiger partial charge in [-0.1, -0.05) is 72.8 Å². The van der Waals surface area contributed by atoms with Crippen molar-refractivity contribution in [3.63, 3.8) is 0 Å². The van der Waals surface area contributed by atoms with E-state index >= 15 is 0 Å². The van der Waals surface area contributed by atoms with Crippen LogP contribution in [0.3, 0.4) is 0 Å². The molecule has 0 radical (unpaired) electrons. The van der Waals surface area contributed by atoms with Gasteiger partial charge in [0.1, 0.15) is 5.69 Å². The lowest BCUT2D eigenvalue weighted by Crippen LogP contribution is -2.36. The number of anilines is 2. The fourth-order valence-corrected chi connectivity index (χ4v) is 7.21. The molecule has 44 heavy (non-hydrogen) atoms. The standard InChI is InChI=1S/C38H34N4O2/c1-41(2)31-19-17-29(18-20-31)38(30-23-27-15-9-21-42-22-10-16-28(24-30)35(27)42)36-34(37(43)44-38)39-32(25-11-5-3-6-12-25)33(40-36)26-13-7-4-8-14-26/h3-8,11-14,17-20,23-24H,9-10,15-16,21-22H2,1-2H3. The minimum Gasteiger partial charge on any atom is -0.438 e. The number of carbonyl (C=O) groups is 1. The van der Waals surface area contributed by atoms with Gasteiger partial charge in [-0.05, 0) is 61.1 Å². The zero-order valence-electron chi connectivity index (χ0n) is 25.1. The van der Waals surface area contributed by atoms with Gasteiger partial charge in [0.2, 0.25) is 5.60 Å². The lowest BCUT2D eigenvalue weighted by atomic mass is 9.79. The number of esters is 1. The maximum Gasteiger partial charge on any atom is 0.360 e. The molecule has 0 fully saturated rings. The van der Waals surface area contributed by atoms with Gasteiger partial charge in [0.05, 0.1) is 11.4 Å². The summed E-state index contributed by atoms with van der Waals surface area (Å²) >= 11 is 0. The summed E-state index contributed by atoms with van der Waals surface area (Å²) in [6, 6.07) is 32.9. The van der Waals surface area contributed by atoms with E-state index in [1.807, 2.05) is 74.8 Å². The summed E-state index contributed by atoms with van der Waals surface area (Å²) < 4.78 is 6.62. The predicted octanol–water partition coefficient (Wildman–Crippen LogP) is 7.04. The van der Waals surface area contributed by atoms with Crippen molar-refractivity contribution in [1.29, 1.82) is 0 Å². The highest BCUT2D eigenvalue weighted by Crippen LogP contribution is 2.50. The van der Waals surface area contributed by atoms with Gasteiger partial charge >= 0.3 is 5.97 Å².